The van der Waals surface area contributed by atoms with Gasteiger partial charge in [0, 0.05) is 0 Å². The van der Waals surface area contributed by atoms with E-state index in [1.54, 1.807) is 19.4 Å². The van der Waals surface area contributed by atoms with Crippen LogP contribution in [0.4, 0.5) is 0 Å². The number of benzene rings is 2. The number of hydrogen-bond acceptors (Lipinski definition) is 5. The highest BCUT2D eigenvalue weighted by Gasteiger charge is 2.07. The number of rotatable bonds is 13. The Morgan fingerprint density at radius 3 is 2.70 bits per heavy atom. The summed E-state index contributed by atoms with van der Waals surface area (Å²) in [5.74, 6) is 1.64. The first-order valence-corrected chi connectivity index (χ1v) is 10.1. The second kappa shape index (κ2) is 13.0. The van der Waals surface area contributed by atoms with E-state index in [9.17, 15) is 4.79 Å². The van der Waals surface area contributed by atoms with Crippen molar-refractivity contribution in [1.29, 1.82) is 0 Å². The van der Waals surface area contributed by atoms with E-state index in [0.717, 1.165) is 30.4 Å². The zero-order valence-electron chi connectivity index (χ0n) is 17.7. The Kier molecular flexibility index (Phi) is 10.00. The van der Waals surface area contributed by atoms with Gasteiger partial charge in [0.2, 0.25) is 0 Å². The fourth-order valence-corrected chi connectivity index (χ4v) is 2.74. The quantitative estimate of drug-likeness (QED) is 0.228. The molecular weight excluding hydrogens is 380 g/mol. The van der Waals surface area contributed by atoms with Gasteiger partial charge in [-0.05, 0) is 48.2 Å². The zero-order chi connectivity index (χ0) is 21.6. The van der Waals surface area contributed by atoms with Crippen LogP contribution in [0.1, 0.15) is 37.3 Å². The number of nitrogens with one attached hydrogen (secondary N) is 1. The maximum Gasteiger partial charge on any atom is 0.277 e. The Hall–Kier alpha value is -3.28. The number of nitrogens with zero attached hydrogens (tertiary/aromatic N) is 1. The van der Waals surface area contributed by atoms with Crippen LogP contribution in [0.3, 0.4) is 0 Å². The number of allylic oxidation sites excluding steroid dienone is 1. The van der Waals surface area contributed by atoms with Crippen molar-refractivity contribution in [3.63, 3.8) is 0 Å². The number of methoxy groups -OCH3 is 1. The van der Waals surface area contributed by atoms with Gasteiger partial charge in [-0.15, -0.1) is 6.58 Å². The standard InChI is InChI=1S/C24H30N2O4/c1-4-6-9-15-29-22-14-13-19(16-23(22)28-3)17-25-26-24(27)18-30-21-12-8-7-11-20(21)10-5-2/h5,7-8,11-14,16-17H,2,4,6,9-10,15,18H2,1,3H3,(H,26,27). The molecule has 2 rings (SSSR count). The molecule has 1 amide bonds. The summed E-state index contributed by atoms with van der Waals surface area (Å²) >= 11 is 0. The molecule has 0 fully saturated rings. The molecule has 0 aliphatic heterocycles. The molecule has 0 aliphatic rings. The van der Waals surface area contributed by atoms with Gasteiger partial charge in [0.25, 0.3) is 5.91 Å². The molecule has 160 valence electrons. The fourth-order valence-electron chi connectivity index (χ4n) is 2.74. The van der Waals surface area contributed by atoms with Gasteiger partial charge in [0.05, 0.1) is 19.9 Å². The van der Waals surface area contributed by atoms with Crippen LogP contribution in [0.15, 0.2) is 60.2 Å². The van der Waals surface area contributed by atoms with Crippen molar-refractivity contribution in [2.75, 3.05) is 20.3 Å². The molecule has 0 atom stereocenters. The largest absolute Gasteiger partial charge is 0.493 e. The molecule has 0 radical (unpaired) electrons. The van der Waals surface area contributed by atoms with Crippen LogP contribution in [-0.4, -0.2) is 32.4 Å². The maximum absolute atomic E-state index is 12.0. The molecule has 2 aromatic carbocycles. The Balaban J connectivity index is 1.85. The van der Waals surface area contributed by atoms with E-state index in [0.29, 0.717) is 30.3 Å². The first-order chi connectivity index (χ1) is 14.7. The third-order valence-corrected chi connectivity index (χ3v) is 4.29. The van der Waals surface area contributed by atoms with E-state index in [2.05, 4.69) is 24.0 Å². The van der Waals surface area contributed by atoms with Gasteiger partial charge >= 0.3 is 0 Å². The monoisotopic (exact) mass is 410 g/mol. The van der Waals surface area contributed by atoms with Crippen LogP contribution in [0.25, 0.3) is 0 Å². The van der Waals surface area contributed by atoms with Gasteiger partial charge in [0.1, 0.15) is 5.75 Å². The number of carbonyl (C=O) groups excluding carboxylic acids is 1. The molecule has 0 unspecified atom stereocenters. The van der Waals surface area contributed by atoms with E-state index in [1.807, 2.05) is 42.5 Å². The van der Waals surface area contributed by atoms with Crippen molar-refractivity contribution in [1.82, 2.24) is 5.43 Å². The molecule has 1 N–H and O–H groups in total. The Morgan fingerprint density at radius 2 is 1.93 bits per heavy atom. The molecule has 30 heavy (non-hydrogen) atoms. The third-order valence-electron chi connectivity index (χ3n) is 4.29. The Morgan fingerprint density at radius 1 is 1.10 bits per heavy atom. The number of para-hydroxylation sites is 1. The molecule has 0 aliphatic carbocycles. The van der Waals surface area contributed by atoms with Gasteiger partial charge in [-0.2, -0.15) is 5.10 Å². The Labute approximate surface area is 178 Å². The molecule has 0 heterocycles. The van der Waals surface area contributed by atoms with Crippen molar-refractivity contribution in [2.24, 2.45) is 5.10 Å². The third kappa shape index (κ3) is 7.62. The summed E-state index contributed by atoms with van der Waals surface area (Å²) in [6, 6.07) is 13.1. The predicted octanol–water partition coefficient (Wildman–Crippen LogP) is 4.52. The number of ether oxygens (including phenoxy) is 3. The van der Waals surface area contributed by atoms with Crippen molar-refractivity contribution in [2.45, 2.75) is 32.6 Å². The van der Waals surface area contributed by atoms with E-state index < -0.39 is 0 Å². The predicted molar refractivity (Wildman–Crippen MR) is 120 cm³/mol. The van der Waals surface area contributed by atoms with Crippen LogP contribution in [0.2, 0.25) is 0 Å². The normalized spacial score (nSPS) is 10.6. The van der Waals surface area contributed by atoms with E-state index in [1.165, 1.54) is 0 Å². The molecule has 0 bridgehead atoms. The fraction of sp³-hybridized carbons (Fsp3) is 0.333. The molecule has 6 heteroatoms. The summed E-state index contributed by atoms with van der Waals surface area (Å²) in [5, 5.41) is 3.99. The maximum atomic E-state index is 12.0. The minimum Gasteiger partial charge on any atom is -0.493 e. The molecule has 0 spiro atoms. The lowest BCUT2D eigenvalue weighted by Crippen LogP contribution is -2.24. The Bertz CT molecular complexity index is 849. The van der Waals surface area contributed by atoms with Crippen LogP contribution < -0.4 is 19.6 Å². The van der Waals surface area contributed by atoms with Gasteiger partial charge in [0.15, 0.2) is 18.1 Å². The van der Waals surface area contributed by atoms with Gasteiger partial charge < -0.3 is 14.2 Å². The molecule has 0 saturated heterocycles. The highest BCUT2D eigenvalue weighted by molar-refractivity contribution is 5.83. The highest BCUT2D eigenvalue weighted by Crippen LogP contribution is 2.27. The molecular formula is C24H30N2O4. The SMILES string of the molecule is C=CCc1ccccc1OCC(=O)NN=Cc1ccc(OCCCCC)c(OC)c1. The van der Waals surface area contributed by atoms with Crippen LogP contribution in [0, 0.1) is 0 Å². The van der Waals surface area contributed by atoms with Gasteiger partial charge in [-0.3, -0.25) is 4.79 Å². The van der Waals surface area contributed by atoms with Crippen molar-refractivity contribution >= 4 is 12.1 Å². The van der Waals surface area contributed by atoms with Crippen LogP contribution >= 0.6 is 0 Å². The van der Waals surface area contributed by atoms with Crippen molar-refractivity contribution in [3.05, 3.63) is 66.2 Å². The minimum absolute atomic E-state index is 0.126. The number of hydrazone groups is 1. The lowest BCUT2D eigenvalue weighted by molar-refractivity contribution is -0.123. The summed E-state index contributed by atoms with van der Waals surface area (Å²) in [4.78, 5) is 12.0. The topological polar surface area (TPSA) is 69.2 Å². The molecule has 0 saturated carbocycles. The average molecular weight is 411 g/mol. The van der Waals surface area contributed by atoms with Crippen LogP contribution in [-0.2, 0) is 11.2 Å². The minimum atomic E-state index is -0.345. The van der Waals surface area contributed by atoms with E-state index in [4.69, 9.17) is 14.2 Å². The van der Waals surface area contributed by atoms with Crippen molar-refractivity contribution < 1.29 is 19.0 Å². The summed E-state index contributed by atoms with van der Waals surface area (Å²) in [7, 11) is 1.60. The summed E-state index contributed by atoms with van der Waals surface area (Å²) in [6.07, 6.45) is 7.31. The molecule has 6 nitrogen and oxygen atoms in total. The van der Waals surface area contributed by atoms with E-state index in [-0.39, 0.29) is 12.5 Å². The molecule has 2 aromatic rings. The smallest absolute Gasteiger partial charge is 0.277 e. The number of carbonyl (C=O) groups is 1. The second-order valence-electron chi connectivity index (χ2n) is 6.65. The second-order valence-corrected chi connectivity index (χ2v) is 6.65. The number of hydrogen-bond donors (Lipinski definition) is 1. The lowest BCUT2D eigenvalue weighted by Gasteiger charge is -2.11. The molecule has 0 aromatic heterocycles. The number of unbranched alkanes of at least 4 members (excludes halogenated alkanes) is 2. The first kappa shape index (κ1) is 23.0. The van der Waals surface area contributed by atoms with Crippen LogP contribution in [0.5, 0.6) is 17.2 Å². The average Bonchev–Trinajstić information content (AvgIpc) is 2.77. The van der Waals surface area contributed by atoms with Gasteiger partial charge in [-0.1, -0.05) is 44.0 Å². The van der Waals surface area contributed by atoms with Gasteiger partial charge in [-0.25, -0.2) is 5.43 Å². The summed E-state index contributed by atoms with van der Waals surface area (Å²) in [6.45, 7) is 6.42. The van der Waals surface area contributed by atoms with E-state index >= 15 is 0 Å². The lowest BCUT2D eigenvalue weighted by atomic mass is 10.1. The summed E-state index contributed by atoms with van der Waals surface area (Å²) in [5.41, 5.74) is 4.23. The first-order valence-electron chi connectivity index (χ1n) is 10.1. The summed E-state index contributed by atoms with van der Waals surface area (Å²) < 4.78 is 16.7. The number of amides is 1. The zero-order valence-corrected chi connectivity index (χ0v) is 17.7. The highest BCUT2D eigenvalue weighted by atomic mass is 16.5. The van der Waals surface area contributed by atoms with Crippen molar-refractivity contribution in [3.8, 4) is 17.2 Å².